The molecule has 0 aliphatic carbocycles. The van der Waals surface area contributed by atoms with Gasteiger partial charge in [-0.05, 0) is 113 Å². The maximum absolute atomic E-state index is 5.43. The van der Waals surface area contributed by atoms with E-state index in [0.717, 1.165) is 101 Å². The fourth-order valence-electron chi connectivity index (χ4n) is 16.6. The Morgan fingerprint density at radius 3 is 1.19 bits per heavy atom. The van der Waals surface area contributed by atoms with Crippen molar-refractivity contribution in [1.82, 2.24) is 38.2 Å². The highest BCUT2D eigenvalue weighted by atomic mass is 15.0. The summed E-state index contributed by atoms with van der Waals surface area (Å²) >= 11 is 0. The lowest BCUT2D eigenvalue weighted by Gasteiger charge is -2.15. The molecule has 6 heterocycles. The van der Waals surface area contributed by atoms with Gasteiger partial charge in [-0.25, -0.2) is 9.97 Å². The lowest BCUT2D eigenvalue weighted by Crippen LogP contribution is -1.99. The van der Waals surface area contributed by atoms with E-state index < -0.39 is 0 Å². The molecule has 0 saturated heterocycles. The minimum absolute atomic E-state index is 0.864. The molecule has 8 heteroatoms. The highest BCUT2D eigenvalue weighted by molar-refractivity contribution is 6.33. The minimum Gasteiger partial charge on any atom is -0.309 e. The molecule has 0 amide bonds. The van der Waals surface area contributed by atoms with Crippen LogP contribution in [0, 0.1) is 0 Å². The smallest absolute Gasteiger partial charge is 0.0973 e. The highest BCUT2D eigenvalue weighted by Gasteiger charge is 2.26. The molecule has 0 unspecified atom stereocenters. The fourth-order valence-corrected chi connectivity index (χ4v) is 16.6. The summed E-state index contributed by atoms with van der Waals surface area (Å²) in [7, 11) is 0. The number of para-hydroxylation sites is 5. The molecular formula is C96H60N8. The third-order valence-electron chi connectivity index (χ3n) is 21.0. The summed E-state index contributed by atoms with van der Waals surface area (Å²) in [6, 6.07) is 126. The van der Waals surface area contributed by atoms with E-state index in [1.165, 1.54) is 97.7 Å². The van der Waals surface area contributed by atoms with Gasteiger partial charge in [0.1, 0.15) is 0 Å². The van der Waals surface area contributed by atoms with Crippen LogP contribution in [0.1, 0.15) is 0 Å². The molecule has 0 aliphatic heterocycles. The zero-order valence-electron chi connectivity index (χ0n) is 56.2. The Morgan fingerprint density at radius 1 is 0.221 bits per heavy atom. The Bertz CT molecular complexity index is 7200. The second-order valence-corrected chi connectivity index (χ2v) is 26.8. The fraction of sp³-hybridized carbons (Fsp3) is 0. The predicted octanol–water partition coefficient (Wildman–Crippen LogP) is 24.6. The Kier molecular flexibility index (Phi) is 13.5. The molecule has 22 aromatic rings. The number of hydrogen-bond acceptors (Lipinski definition) is 4. The summed E-state index contributed by atoms with van der Waals surface area (Å²) in [4.78, 5) is 20.1. The molecule has 16 aromatic carbocycles. The monoisotopic (exact) mass is 1320 g/mol. The van der Waals surface area contributed by atoms with Crippen LogP contribution in [0.3, 0.4) is 0 Å². The summed E-state index contributed by atoms with van der Waals surface area (Å²) in [5, 5.41) is 14.9. The zero-order chi connectivity index (χ0) is 68.3. The van der Waals surface area contributed by atoms with Crippen LogP contribution in [0.25, 0.3) is 198 Å². The molecule has 8 nitrogen and oxygen atoms in total. The van der Waals surface area contributed by atoms with E-state index in [1.807, 2.05) is 12.1 Å². The van der Waals surface area contributed by atoms with E-state index in [0.29, 0.717) is 0 Å². The first-order chi connectivity index (χ1) is 51.6. The normalized spacial score (nSPS) is 11.8. The van der Waals surface area contributed by atoms with Crippen LogP contribution < -0.4 is 0 Å². The molecule has 0 fully saturated rings. The lowest BCUT2D eigenvalue weighted by atomic mass is 10.0. The summed E-state index contributed by atoms with van der Waals surface area (Å²) in [6.07, 6.45) is 3.53. The van der Waals surface area contributed by atoms with Gasteiger partial charge in [-0.3, -0.25) is 9.97 Å². The third-order valence-corrected chi connectivity index (χ3v) is 21.0. The van der Waals surface area contributed by atoms with Crippen LogP contribution in [-0.2, 0) is 0 Å². The molecule has 0 spiro atoms. The van der Waals surface area contributed by atoms with E-state index in [1.54, 1.807) is 12.4 Å². The first-order valence-corrected chi connectivity index (χ1v) is 35.4. The number of fused-ring (bicyclic) bond motifs is 20. The summed E-state index contributed by atoms with van der Waals surface area (Å²) in [5.74, 6) is 0. The standard InChI is InChI=1S/C54H34N4.C42H26N4/c1-4-17-36(18-5-1)51-52(37-19-6-2-7-20-37)56-53-41(27-15-28-45(53)55-51)38-21-14-24-40(34-38)57-46-29-13-12-26-43(46)49-47(57)32-33-48-50(49)44-31-30-35-16-10-11-25-42(35)54(44)58(48)39-22-8-3-9-23-39;1-3-11-27(12-4-1)33-25-34-35(44-24-23-43-34)26-39(33)46-36-18-10-9-17-31(36)40-38(46)22-21-37-41(40)32-20-19-28-13-7-8-16-30(28)42(32)45(37)29-14-5-2-6-15-29/h1-34H;1-26H. The van der Waals surface area contributed by atoms with Gasteiger partial charge in [-0.15, -0.1) is 0 Å². The maximum Gasteiger partial charge on any atom is 0.0973 e. The van der Waals surface area contributed by atoms with Crippen LogP contribution in [0.4, 0.5) is 0 Å². The summed E-state index contributed by atoms with van der Waals surface area (Å²) in [5.41, 5.74) is 25.7. The van der Waals surface area contributed by atoms with Crippen LogP contribution in [0.2, 0.25) is 0 Å². The van der Waals surface area contributed by atoms with Crippen LogP contribution in [-0.4, -0.2) is 38.2 Å². The van der Waals surface area contributed by atoms with E-state index in [9.17, 15) is 0 Å². The number of aromatic nitrogens is 8. The van der Waals surface area contributed by atoms with Crippen molar-refractivity contribution in [1.29, 1.82) is 0 Å². The van der Waals surface area contributed by atoms with Crippen molar-refractivity contribution in [2.75, 3.05) is 0 Å². The highest BCUT2D eigenvalue weighted by Crippen LogP contribution is 2.48. The van der Waals surface area contributed by atoms with Crippen LogP contribution in [0.5, 0.6) is 0 Å². The van der Waals surface area contributed by atoms with Gasteiger partial charge in [0.25, 0.3) is 0 Å². The van der Waals surface area contributed by atoms with Gasteiger partial charge in [0, 0.05) is 106 Å². The van der Waals surface area contributed by atoms with Gasteiger partial charge in [-0.2, -0.15) is 0 Å². The van der Waals surface area contributed by atoms with Gasteiger partial charge >= 0.3 is 0 Å². The molecular weight excluding hydrogens is 1270 g/mol. The van der Waals surface area contributed by atoms with Crippen molar-refractivity contribution >= 4 is 131 Å². The quantitative estimate of drug-likeness (QED) is 0.152. The Hall–Kier alpha value is -14.1. The topological polar surface area (TPSA) is 71.3 Å². The second kappa shape index (κ2) is 23.8. The van der Waals surface area contributed by atoms with Crippen molar-refractivity contribution in [3.05, 3.63) is 364 Å². The van der Waals surface area contributed by atoms with Crippen LogP contribution >= 0.6 is 0 Å². The second-order valence-electron chi connectivity index (χ2n) is 26.8. The molecule has 0 atom stereocenters. The molecule has 484 valence electrons. The van der Waals surface area contributed by atoms with E-state index in [2.05, 4.69) is 363 Å². The van der Waals surface area contributed by atoms with Crippen molar-refractivity contribution in [2.45, 2.75) is 0 Å². The van der Waals surface area contributed by atoms with Crippen molar-refractivity contribution in [3.8, 4) is 67.5 Å². The van der Waals surface area contributed by atoms with Crippen molar-refractivity contribution in [3.63, 3.8) is 0 Å². The van der Waals surface area contributed by atoms with Gasteiger partial charge in [0.15, 0.2) is 0 Å². The molecule has 6 aromatic heterocycles. The molecule has 0 N–H and O–H groups in total. The first-order valence-electron chi connectivity index (χ1n) is 35.4. The van der Waals surface area contributed by atoms with Crippen LogP contribution in [0.15, 0.2) is 364 Å². The SMILES string of the molecule is c1ccc(-c2cc3nccnc3cc2-n2c3ccccc3c3c4c5ccc6ccccc6c5n(-c5ccccc5)c4ccc32)cc1.c1ccc(-c2nc3cccc(-c4cccc(-n5c6ccccc6c6c7c8ccc9ccccc9c8n(-c8ccccc8)c7ccc65)c4)c3nc2-c2ccccc2)cc1. The Balaban J connectivity index is 0.000000138. The molecule has 22 rings (SSSR count). The van der Waals surface area contributed by atoms with E-state index >= 15 is 0 Å². The average molecular weight is 1330 g/mol. The first kappa shape index (κ1) is 58.8. The summed E-state index contributed by atoms with van der Waals surface area (Å²) in [6.45, 7) is 0. The molecule has 0 radical (unpaired) electrons. The molecule has 0 aliphatic rings. The average Bonchev–Trinajstić information content (AvgIpc) is 1.54. The predicted molar refractivity (Wildman–Crippen MR) is 433 cm³/mol. The number of hydrogen-bond donors (Lipinski definition) is 0. The molecule has 0 saturated carbocycles. The Morgan fingerprint density at radius 2 is 0.635 bits per heavy atom. The van der Waals surface area contributed by atoms with Gasteiger partial charge < -0.3 is 18.3 Å². The largest absolute Gasteiger partial charge is 0.309 e. The number of benzene rings is 16. The van der Waals surface area contributed by atoms with E-state index in [4.69, 9.17) is 15.0 Å². The third kappa shape index (κ3) is 9.19. The van der Waals surface area contributed by atoms with Crippen molar-refractivity contribution in [2.24, 2.45) is 0 Å². The minimum atomic E-state index is 0.864. The van der Waals surface area contributed by atoms with Gasteiger partial charge in [0.2, 0.25) is 0 Å². The lowest BCUT2D eigenvalue weighted by molar-refractivity contribution is 1.17. The summed E-state index contributed by atoms with van der Waals surface area (Å²) < 4.78 is 9.75. The van der Waals surface area contributed by atoms with Crippen molar-refractivity contribution < 1.29 is 0 Å². The van der Waals surface area contributed by atoms with E-state index in [-0.39, 0.29) is 0 Å². The Labute approximate surface area is 597 Å². The molecule has 0 bridgehead atoms. The maximum atomic E-state index is 5.43. The van der Waals surface area contributed by atoms with Gasteiger partial charge in [-0.1, -0.05) is 261 Å². The number of nitrogens with zero attached hydrogens (tertiary/aromatic N) is 8. The van der Waals surface area contributed by atoms with Gasteiger partial charge in [0.05, 0.1) is 83.3 Å². The number of rotatable bonds is 8. The molecule has 104 heavy (non-hydrogen) atoms. The zero-order valence-corrected chi connectivity index (χ0v) is 56.2.